The zero-order chi connectivity index (χ0) is 10.8. The van der Waals surface area contributed by atoms with E-state index in [1.165, 1.54) is 19.4 Å². The minimum Gasteiger partial charge on any atom is -0.314 e. The van der Waals surface area contributed by atoms with Gasteiger partial charge in [-0.2, -0.15) is 0 Å². The van der Waals surface area contributed by atoms with Gasteiger partial charge in [-0.25, -0.2) is 0 Å². The van der Waals surface area contributed by atoms with E-state index in [4.69, 9.17) is 0 Å². The van der Waals surface area contributed by atoms with Crippen molar-refractivity contribution in [3.05, 3.63) is 0 Å². The second-order valence-electron chi connectivity index (χ2n) is 5.49. The van der Waals surface area contributed by atoms with Crippen molar-refractivity contribution >= 4 is 0 Å². The molecule has 1 saturated heterocycles. The van der Waals surface area contributed by atoms with Gasteiger partial charge in [0.2, 0.25) is 0 Å². The normalized spacial score (nSPS) is 30.6. The smallest absolute Gasteiger partial charge is 0.0127 e. The molecule has 84 valence electrons. The Hall–Kier alpha value is -0.0800. The van der Waals surface area contributed by atoms with E-state index >= 15 is 0 Å². The summed E-state index contributed by atoms with van der Waals surface area (Å²) >= 11 is 0. The topological polar surface area (TPSA) is 15.3 Å². The van der Waals surface area contributed by atoms with Gasteiger partial charge in [-0.05, 0) is 47.1 Å². The van der Waals surface area contributed by atoms with Crippen LogP contribution in [0.15, 0.2) is 0 Å². The summed E-state index contributed by atoms with van der Waals surface area (Å²) in [5, 5.41) is 3.56. The van der Waals surface area contributed by atoms with Crippen LogP contribution < -0.4 is 5.32 Å². The van der Waals surface area contributed by atoms with Crippen molar-refractivity contribution in [2.45, 2.75) is 65.1 Å². The maximum Gasteiger partial charge on any atom is 0.0127 e. The molecular weight excluding hydrogens is 172 g/mol. The van der Waals surface area contributed by atoms with Crippen molar-refractivity contribution in [3.63, 3.8) is 0 Å². The first-order valence-corrected chi connectivity index (χ1v) is 5.95. The highest BCUT2D eigenvalue weighted by Gasteiger charge is 2.31. The number of nitrogens with one attached hydrogen (secondary N) is 1. The van der Waals surface area contributed by atoms with E-state index in [0.29, 0.717) is 11.6 Å². The fourth-order valence-corrected chi connectivity index (χ4v) is 2.64. The molecule has 2 heteroatoms. The molecule has 0 radical (unpaired) electrons. The average Bonchev–Trinajstić information content (AvgIpc) is 2.02. The Morgan fingerprint density at radius 2 is 2.00 bits per heavy atom. The van der Waals surface area contributed by atoms with Gasteiger partial charge >= 0.3 is 0 Å². The van der Waals surface area contributed by atoms with Crippen LogP contribution in [0.5, 0.6) is 0 Å². The van der Waals surface area contributed by atoms with Crippen molar-refractivity contribution in [2.24, 2.45) is 0 Å². The summed E-state index contributed by atoms with van der Waals surface area (Å²) in [6.45, 7) is 13.8. The van der Waals surface area contributed by atoms with E-state index < -0.39 is 0 Å². The minimum absolute atomic E-state index is 0.330. The van der Waals surface area contributed by atoms with E-state index in [9.17, 15) is 0 Å². The molecule has 0 aromatic carbocycles. The molecular formula is C12H26N2. The number of hydrogen-bond donors (Lipinski definition) is 1. The van der Waals surface area contributed by atoms with Crippen LogP contribution in [0.4, 0.5) is 0 Å². The number of rotatable bonds is 2. The second kappa shape index (κ2) is 4.63. The monoisotopic (exact) mass is 198 g/mol. The molecule has 1 fully saturated rings. The van der Waals surface area contributed by atoms with Crippen LogP contribution in [-0.2, 0) is 0 Å². The molecule has 0 aromatic rings. The Balaban J connectivity index is 2.48. The van der Waals surface area contributed by atoms with Crippen LogP contribution >= 0.6 is 0 Å². The fourth-order valence-electron chi connectivity index (χ4n) is 2.64. The molecule has 0 aliphatic carbocycles. The first-order chi connectivity index (χ1) is 6.45. The Morgan fingerprint density at radius 3 is 2.43 bits per heavy atom. The zero-order valence-electron chi connectivity index (χ0n) is 10.4. The van der Waals surface area contributed by atoms with Gasteiger partial charge in [0.05, 0.1) is 0 Å². The first-order valence-electron chi connectivity index (χ1n) is 5.95. The molecule has 0 aromatic heterocycles. The summed E-state index contributed by atoms with van der Waals surface area (Å²) in [7, 11) is 0. The lowest BCUT2D eigenvalue weighted by molar-refractivity contribution is 0.0482. The van der Waals surface area contributed by atoms with Crippen molar-refractivity contribution in [1.29, 1.82) is 0 Å². The second-order valence-corrected chi connectivity index (χ2v) is 5.49. The van der Waals surface area contributed by atoms with Gasteiger partial charge in [-0.15, -0.1) is 0 Å². The number of likely N-dealkylation sites (tertiary alicyclic amines) is 1. The fraction of sp³-hybridized carbons (Fsp3) is 1.00. The van der Waals surface area contributed by atoms with Crippen molar-refractivity contribution in [3.8, 4) is 0 Å². The van der Waals surface area contributed by atoms with Crippen LogP contribution in [0.2, 0.25) is 0 Å². The number of hydrogen-bond acceptors (Lipinski definition) is 2. The maximum atomic E-state index is 3.56. The standard InChI is InChI=1S/C12H26N2/c1-6-13-11-7-8-14(10(2)9-11)12(3,4)5/h10-11,13H,6-9H2,1-5H3. The third kappa shape index (κ3) is 2.96. The summed E-state index contributed by atoms with van der Waals surface area (Å²) in [6, 6.07) is 1.46. The van der Waals surface area contributed by atoms with E-state index in [1.807, 2.05) is 0 Å². The molecule has 0 amide bonds. The highest BCUT2D eigenvalue weighted by atomic mass is 15.2. The lowest BCUT2D eigenvalue weighted by Gasteiger charge is -2.45. The third-order valence-corrected chi connectivity index (χ3v) is 3.23. The molecule has 0 bridgehead atoms. The molecule has 1 heterocycles. The van der Waals surface area contributed by atoms with Crippen LogP contribution in [0.3, 0.4) is 0 Å². The Morgan fingerprint density at radius 1 is 1.36 bits per heavy atom. The summed E-state index contributed by atoms with van der Waals surface area (Å²) in [6.07, 6.45) is 2.60. The van der Waals surface area contributed by atoms with E-state index in [0.717, 1.165) is 12.6 Å². The Kier molecular flexibility index (Phi) is 3.96. The van der Waals surface area contributed by atoms with E-state index in [-0.39, 0.29) is 0 Å². The molecule has 1 aliphatic rings. The maximum absolute atomic E-state index is 3.56. The quantitative estimate of drug-likeness (QED) is 0.732. The van der Waals surface area contributed by atoms with Crippen LogP contribution in [-0.4, -0.2) is 35.6 Å². The largest absolute Gasteiger partial charge is 0.314 e. The first kappa shape index (κ1) is 12.0. The van der Waals surface area contributed by atoms with Crippen LogP contribution in [0, 0.1) is 0 Å². The van der Waals surface area contributed by atoms with Gasteiger partial charge in [0.1, 0.15) is 0 Å². The van der Waals surface area contributed by atoms with E-state index in [1.54, 1.807) is 0 Å². The molecule has 1 N–H and O–H groups in total. The van der Waals surface area contributed by atoms with Gasteiger partial charge in [0.15, 0.2) is 0 Å². The summed E-state index contributed by atoms with van der Waals surface area (Å²) in [4.78, 5) is 2.63. The Bertz CT molecular complexity index is 172. The van der Waals surface area contributed by atoms with Gasteiger partial charge < -0.3 is 5.32 Å². The van der Waals surface area contributed by atoms with Crippen LogP contribution in [0.1, 0.15) is 47.5 Å². The molecule has 2 nitrogen and oxygen atoms in total. The summed E-state index contributed by atoms with van der Waals surface area (Å²) in [5.41, 5.74) is 0.330. The minimum atomic E-state index is 0.330. The van der Waals surface area contributed by atoms with Gasteiger partial charge in [0, 0.05) is 24.2 Å². The summed E-state index contributed by atoms with van der Waals surface area (Å²) in [5.74, 6) is 0. The summed E-state index contributed by atoms with van der Waals surface area (Å²) < 4.78 is 0. The Labute approximate surface area is 89.1 Å². The molecule has 1 aliphatic heterocycles. The molecule has 14 heavy (non-hydrogen) atoms. The average molecular weight is 198 g/mol. The van der Waals surface area contributed by atoms with E-state index in [2.05, 4.69) is 44.8 Å². The van der Waals surface area contributed by atoms with Crippen molar-refractivity contribution in [1.82, 2.24) is 10.2 Å². The SMILES string of the molecule is CCNC1CCN(C(C)(C)C)C(C)C1. The van der Waals surface area contributed by atoms with Crippen molar-refractivity contribution in [2.75, 3.05) is 13.1 Å². The molecule has 1 rings (SSSR count). The third-order valence-electron chi connectivity index (χ3n) is 3.23. The van der Waals surface area contributed by atoms with Gasteiger partial charge in [0.25, 0.3) is 0 Å². The highest BCUT2D eigenvalue weighted by Crippen LogP contribution is 2.25. The number of nitrogens with zero attached hydrogens (tertiary/aromatic N) is 1. The molecule has 0 spiro atoms. The molecule has 0 saturated carbocycles. The predicted octanol–water partition coefficient (Wildman–Crippen LogP) is 2.25. The van der Waals surface area contributed by atoms with Gasteiger partial charge in [-0.3, -0.25) is 4.90 Å². The lowest BCUT2D eigenvalue weighted by Crippen LogP contribution is -2.54. The lowest BCUT2D eigenvalue weighted by atomic mass is 9.92. The number of piperidine rings is 1. The van der Waals surface area contributed by atoms with Crippen molar-refractivity contribution < 1.29 is 0 Å². The highest BCUT2D eigenvalue weighted by molar-refractivity contribution is 4.89. The molecule has 2 atom stereocenters. The predicted molar refractivity (Wildman–Crippen MR) is 62.6 cm³/mol. The van der Waals surface area contributed by atoms with Crippen LogP contribution in [0.25, 0.3) is 0 Å². The van der Waals surface area contributed by atoms with Gasteiger partial charge in [-0.1, -0.05) is 6.92 Å². The molecule has 2 unspecified atom stereocenters. The zero-order valence-corrected chi connectivity index (χ0v) is 10.4.